The summed E-state index contributed by atoms with van der Waals surface area (Å²) in [6.07, 6.45) is 4.83. The molecule has 0 atom stereocenters. The molecule has 0 unspecified atom stereocenters. The van der Waals surface area contributed by atoms with Gasteiger partial charge in [-0.3, -0.25) is 4.79 Å². The van der Waals surface area contributed by atoms with Crippen LogP contribution >= 0.6 is 11.3 Å². The van der Waals surface area contributed by atoms with Crippen LogP contribution in [0.5, 0.6) is 0 Å². The number of H-pyrrole nitrogens is 1. The number of aryl methyl sites for hydroxylation is 1. The van der Waals surface area contributed by atoms with Gasteiger partial charge in [-0.15, -0.1) is 11.3 Å². The zero-order chi connectivity index (χ0) is 17.6. The lowest BCUT2D eigenvalue weighted by Gasteiger charge is -2.03. The lowest BCUT2D eigenvalue weighted by Crippen LogP contribution is -2.20. The van der Waals surface area contributed by atoms with E-state index in [0.717, 1.165) is 16.6 Å². The smallest absolute Gasteiger partial charge is 0.337 e. The lowest BCUT2D eigenvalue weighted by molar-refractivity contribution is 0.0696. The van der Waals surface area contributed by atoms with Crippen molar-refractivity contribution < 1.29 is 9.90 Å². The average Bonchev–Trinajstić information content (AvgIpc) is 3.23. The van der Waals surface area contributed by atoms with Gasteiger partial charge in [0.05, 0.1) is 16.8 Å². The monoisotopic (exact) mass is 352 g/mol. The summed E-state index contributed by atoms with van der Waals surface area (Å²) < 4.78 is 1.26. The zero-order valence-corrected chi connectivity index (χ0v) is 13.9. The molecule has 0 aromatic carbocycles. The van der Waals surface area contributed by atoms with Crippen LogP contribution < -0.4 is 5.56 Å². The van der Waals surface area contributed by atoms with Crippen molar-refractivity contribution in [1.29, 1.82) is 0 Å². The molecule has 7 nitrogen and oxygen atoms in total. The molecule has 0 bridgehead atoms. The highest BCUT2D eigenvalue weighted by Crippen LogP contribution is 2.31. The van der Waals surface area contributed by atoms with Gasteiger partial charge < -0.3 is 14.7 Å². The fourth-order valence-electron chi connectivity index (χ4n) is 2.67. The van der Waals surface area contributed by atoms with Crippen LogP contribution in [0.4, 0.5) is 0 Å². The molecule has 0 spiro atoms. The summed E-state index contributed by atoms with van der Waals surface area (Å²) in [5.41, 5.74) is 2.39. The maximum atomic E-state index is 12.4. The number of pyridine rings is 2. The zero-order valence-electron chi connectivity index (χ0n) is 13.1. The molecule has 0 saturated heterocycles. The molecular weight excluding hydrogens is 340 g/mol. The number of hydrogen-bond acceptors (Lipinski definition) is 5. The first-order valence-electron chi connectivity index (χ1n) is 7.37. The number of nitrogens with one attached hydrogen (secondary N) is 1. The molecule has 0 amide bonds. The van der Waals surface area contributed by atoms with E-state index in [-0.39, 0.29) is 16.7 Å². The molecule has 4 heterocycles. The van der Waals surface area contributed by atoms with Crippen molar-refractivity contribution in [2.24, 2.45) is 7.05 Å². The van der Waals surface area contributed by atoms with Crippen LogP contribution in [0.2, 0.25) is 0 Å². The highest BCUT2D eigenvalue weighted by Gasteiger charge is 2.16. The van der Waals surface area contributed by atoms with Crippen molar-refractivity contribution in [2.45, 2.75) is 0 Å². The number of aromatic amines is 1. The Hall–Kier alpha value is -3.26. The maximum absolute atomic E-state index is 12.4. The van der Waals surface area contributed by atoms with Crippen molar-refractivity contribution in [3.05, 3.63) is 58.1 Å². The number of fused-ring (bicyclic) bond motifs is 1. The number of aromatic nitrogens is 4. The van der Waals surface area contributed by atoms with E-state index in [9.17, 15) is 14.7 Å². The first-order valence-corrected chi connectivity index (χ1v) is 8.25. The summed E-state index contributed by atoms with van der Waals surface area (Å²) in [6, 6.07) is 5.15. The van der Waals surface area contributed by atoms with Crippen LogP contribution in [0.1, 0.15) is 10.4 Å². The molecule has 4 rings (SSSR count). The Labute approximate surface area is 145 Å². The number of rotatable bonds is 3. The van der Waals surface area contributed by atoms with E-state index >= 15 is 0 Å². The Morgan fingerprint density at radius 1 is 1.36 bits per heavy atom. The highest BCUT2D eigenvalue weighted by atomic mass is 32.1. The summed E-state index contributed by atoms with van der Waals surface area (Å²) >= 11 is 1.30. The predicted molar refractivity (Wildman–Crippen MR) is 94.8 cm³/mol. The van der Waals surface area contributed by atoms with Crippen molar-refractivity contribution in [3.8, 4) is 21.8 Å². The van der Waals surface area contributed by atoms with Gasteiger partial charge in [-0.05, 0) is 18.2 Å². The molecule has 0 radical (unpaired) electrons. The molecule has 8 heteroatoms. The van der Waals surface area contributed by atoms with E-state index in [1.54, 1.807) is 6.20 Å². The Bertz CT molecular complexity index is 1170. The molecule has 0 aliphatic carbocycles. The summed E-state index contributed by atoms with van der Waals surface area (Å²) in [5, 5.41) is 12.5. The van der Waals surface area contributed by atoms with E-state index in [1.165, 1.54) is 35.2 Å². The Morgan fingerprint density at radius 3 is 3.00 bits per heavy atom. The van der Waals surface area contributed by atoms with Gasteiger partial charge in [-0.1, -0.05) is 0 Å². The number of carboxylic acids is 1. The van der Waals surface area contributed by atoms with E-state index in [4.69, 9.17) is 0 Å². The number of nitrogens with zero attached hydrogens (tertiary/aromatic N) is 3. The topological polar surface area (TPSA) is 101 Å². The molecule has 0 fully saturated rings. The minimum Gasteiger partial charge on any atom is -0.478 e. The molecule has 4 aromatic heterocycles. The number of thiazole rings is 1. The van der Waals surface area contributed by atoms with Gasteiger partial charge in [0.25, 0.3) is 5.56 Å². The third-order valence-electron chi connectivity index (χ3n) is 3.89. The van der Waals surface area contributed by atoms with Crippen molar-refractivity contribution >= 4 is 28.3 Å². The maximum Gasteiger partial charge on any atom is 0.337 e. The second-order valence-corrected chi connectivity index (χ2v) is 6.36. The van der Waals surface area contributed by atoms with Gasteiger partial charge in [0, 0.05) is 42.0 Å². The Kier molecular flexibility index (Phi) is 3.47. The Morgan fingerprint density at radius 2 is 2.20 bits per heavy atom. The fraction of sp³-hybridized carbons (Fsp3) is 0.0588. The van der Waals surface area contributed by atoms with Gasteiger partial charge in [0.15, 0.2) is 0 Å². The van der Waals surface area contributed by atoms with E-state index in [1.807, 2.05) is 23.7 Å². The minimum absolute atomic E-state index is 0.0464. The first kappa shape index (κ1) is 15.3. The molecule has 2 N–H and O–H groups in total. The number of carbonyl (C=O) groups is 1. The van der Waals surface area contributed by atoms with E-state index in [0.29, 0.717) is 10.7 Å². The summed E-state index contributed by atoms with van der Waals surface area (Å²) in [4.78, 5) is 35.5. The van der Waals surface area contributed by atoms with Crippen LogP contribution in [-0.4, -0.2) is 30.6 Å². The molecule has 0 saturated carbocycles. The first-order chi connectivity index (χ1) is 12.0. The van der Waals surface area contributed by atoms with Gasteiger partial charge in [0.1, 0.15) is 10.7 Å². The van der Waals surface area contributed by atoms with Gasteiger partial charge >= 0.3 is 5.97 Å². The fourth-order valence-corrected chi connectivity index (χ4v) is 3.50. The summed E-state index contributed by atoms with van der Waals surface area (Å²) in [7, 11) is 1.53. The summed E-state index contributed by atoms with van der Waals surface area (Å²) in [5.74, 6) is -1.09. The van der Waals surface area contributed by atoms with Crippen LogP contribution in [0, 0.1) is 0 Å². The molecule has 124 valence electrons. The van der Waals surface area contributed by atoms with Gasteiger partial charge in [-0.25, -0.2) is 14.8 Å². The van der Waals surface area contributed by atoms with Gasteiger partial charge in [-0.2, -0.15) is 0 Å². The quantitative estimate of drug-likeness (QED) is 0.590. The second-order valence-electron chi connectivity index (χ2n) is 5.50. The lowest BCUT2D eigenvalue weighted by atomic mass is 10.1. The highest BCUT2D eigenvalue weighted by molar-refractivity contribution is 7.13. The molecule has 4 aromatic rings. The third-order valence-corrected chi connectivity index (χ3v) is 4.77. The molecular formula is C17H12N4O3S. The normalized spacial score (nSPS) is 11.1. The van der Waals surface area contributed by atoms with E-state index < -0.39 is 5.97 Å². The SMILES string of the molecule is Cn1cc(C(=O)O)cc(-c2nc(-c3c[nH]c4ncccc34)cs2)c1=O. The summed E-state index contributed by atoms with van der Waals surface area (Å²) in [6.45, 7) is 0. The average molecular weight is 352 g/mol. The van der Waals surface area contributed by atoms with Crippen molar-refractivity contribution in [1.82, 2.24) is 19.5 Å². The van der Waals surface area contributed by atoms with Crippen molar-refractivity contribution in [2.75, 3.05) is 0 Å². The van der Waals surface area contributed by atoms with Crippen LogP contribution in [0.15, 0.2) is 47.0 Å². The third kappa shape index (κ3) is 2.52. The Balaban J connectivity index is 1.85. The largest absolute Gasteiger partial charge is 0.478 e. The molecule has 0 aliphatic heterocycles. The second kappa shape index (κ2) is 5.67. The molecule has 0 aliphatic rings. The van der Waals surface area contributed by atoms with Crippen molar-refractivity contribution in [3.63, 3.8) is 0 Å². The van der Waals surface area contributed by atoms with Crippen LogP contribution in [0.3, 0.4) is 0 Å². The minimum atomic E-state index is -1.09. The van der Waals surface area contributed by atoms with Gasteiger partial charge in [0.2, 0.25) is 0 Å². The van der Waals surface area contributed by atoms with E-state index in [2.05, 4.69) is 15.0 Å². The molecule has 25 heavy (non-hydrogen) atoms. The number of aromatic carboxylic acids is 1. The predicted octanol–water partition coefficient (Wildman–Crippen LogP) is 2.75. The number of hydrogen-bond donors (Lipinski definition) is 2. The number of carboxylic acid groups (broad SMARTS) is 1. The van der Waals surface area contributed by atoms with Crippen LogP contribution in [-0.2, 0) is 7.05 Å². The van der Waals surface area contributed by atoms with Crippen LogP contribution in [0.25, 0.3) is 32.9 Å². The standard InChI is InChI=1S/C17H12N4O3S/c1-21-7-9(17(23)24)5-11(16(21)22)15-20-13(8-25-15)12-6-19-14-10(12)3-2-4-18-14/h2-8H,1H3,(H,18,19)(H,23,24).